The van der Waals surface area contributed by atoms with Crippen molar-refractivity contribution in [2.24, 2.45) is 0 Å². The number of hydrogen-bond acceptors (Lipinski definition) is 3. The predicted molar refractivity (Wildman–Crippen MR) is 101 cm³/mol. The Bertz CT molecular complexity index is 815. The minimum Gasteiger partial charge on any atom is -0.494 e. The molecule has 0 radical (unpaired) electrons. The van der Waals surface area contributed by atoms with Crippen LogP contribution in [0, 0.1) is 13.8 Å². The molecule has 1 N–H and O–H groups in total. The van der Waals surface area contributed by atoms with Crippen molar-refractivity contribution in [3.05, 3.63) is 59.2 Å². The molecule has 5 heteroatoms. The number of nitrogens with zero attached hydrogens (tertiary/aromatic N) is 1. The van der Waals surface area contributed by atoms with E-state index in [4.69, 9.17) is 4.74 Å². The van der Waals surface area contributed by atoms with Gasteiger partial charge in [0.15, 0.2) is 0 Å². The molecule has 2 aromatic rings. The summed E-state index contributed by atoms with van der Waals surface area (Å²) in [6, 6.07) is 13.1. The number of carbonyl (C=O) groups excluding carboxylic acids is 2. The molecule has 1 atom stereocenters. The Kier molecular flexibility index (Phi) is 5.26. The van der Waals surface area contributed by atoms with Gasteiger partial charge in [0.05, 0.1) is 12.3 Å². The van der Waals surface area contributed by atoms with Gasteiger partial charge in [-0.2, -0.15) is 0 Å². The summed E-state index contributed by atoms with van der Waals surface area (Å²) in [6.45, 7) is 6.53. The number of amides is 2. The standard InChI is InChI=1S/C21H24N2O3/c1-14-8-10-17(11-9-14)26-13-5-12-23-20-15(2)6-4-7-18(20)19(21(23)25)22-16(3)24/h4,6-11,19H,5,12-13H2,1-3H3,(H,22,24)/t19-/m0/s1. The van der Waals surface area contributed by atoms with Crippen LogP contribution in [-0.2, 0) is 9.59 Å². The normalized spacial score (nSPS) is 15.7. The van der Waals surface area contributed by atoms with Gasteiger partial charge in [-0.1, -0.05) is 35.9 Å². The van der Waals surface area contributed by atoms with E-state index in [1.54, 1.807) is 4.90 Å². The van der Waals surface area contributed by atoms with Crippen LogP contribution >= 0.6 is 0 Å². The second-order valence-electron chi connectivity index (χ2n) is 6.65. The van der Waals surface area contributed by atoms with Gasteiger partial charge in [-0.15, -0.1) is 0 Å². The minimum absolute atomic E-state index is 0.0835. The number of carbonyl (C=O) groups is 2. The Morgan fingerprint density at radius 2 is 1.88 bits per heavy atom. The topological polar surface area (TPSA) is 58.6 Å². The van der Waals surface area contributed by atoms with Crippen LogP contribution < -0.4 is 15.0 Å². The number of rotatable bonds is 6. The molecule has 1 aliphatic rings. The van der Waals surface area contributed by atoms with E-state index in [0.717, 1.165) is 22.6 Å². The lowest BCUT2D eigenvalue weighted by Gasteiger charge is -2.19. The van der Waals surface area contributed by atoms with Crippen molar-refractivity contribution in [2.75, 3.05) is 18.1 Å². The van der Waals surface area contributed by atoms with E-state index in [9.17, 15) is 9.59 Å². The second kappa shape index (κ2) is 7.60. The largest absolute Gasteiger partial charge is 0.494 e. The molecule has 2 amide bonds. The fourth-order valence-electron chi connectivity index (χ4n) is 3.29. The molecule has 0 saturated carbocycles. The number of hydrogen-bond donors (Lipinski definition) is 1. The van der Waals surface area contributed by atoms with E-state index >= 15 is 0 Å². The molecule has 0 fully saturated rings. The van der Waals surface area contributed by atoms with Crippen molar-refractivity contribution in [3.8, 4) is 5.75 Å². The maximum absolute atomic E-state index is 12.8. The van der Waals surface area contributed by atoms with Crippen molar-refractivity contribution in [1.29, 1.82) is 0 Å². The molecular formula is C21H24N2O3. The van der Waals surface area contributed by atoms with Crippen LogP contribution in [0.2, 0.25) is 0 Å². The zero-order chi connectivity index (χ0) is 18.7. The van der Waals surface area contributed by atoms with Gasteiger partial charge in [0.1, 0.15) is 11.8 Å². The zero-order valence-electron chi connectivity index (χ0n) is 15.4. The predicted octanol–water partition coefficient (Wildman–Crippen LogP) is 3.30. The van der Waals surface area contributed by atoms with E-state index in [-0.39, 0.29) is 11.8 Å². The van der Waals surface area contributed by atoms with Crippen LogP contribution in [0.3, 0.4) is 0 Å². The van der Waals surface area contributed by atoms with E-state index in [1.807, 2.05) is 56.3 Å². The number of ether oxygens (including phenoxy) is 1. The number of anilines is 1. The Labute approximate surface area is 154 Å². The third kappa shape index (κ3) is 3.72. The number of fused-ring (bicyclic) bond motifs is 1. The summed E-state index contributed by atoms with van der Waals surface area (Å²) < 4.78 is 5.76. The molecule has 1 aliphatic heterocycles. The van der Waals surface area contributed by atoms with Crippen LogP contribution in [0.4, 0.5) is 5.69 Å². The fourth-order valence-corrected chi connectivity index (χ4v) is 3.29. The molecular weight excluding hydrogens is 328 g/mol. The van der Waals surface area contributed by atoms with E-state index < -0.39 is 6.04 Å². The van der Waals surface area contributed by atoms with E-state index in [1.165, 1.54) is 12.5 Å². The Morgan fingerprint density at radius 3 is 2.58 bits per heavy atom. The lowest BCUT2D eigenvalue weighted by atomic mass is 10.1. The smallest absolute Gasteiger partial charge is 0.254 e. The molecule has 5 nitrogen and oxygen atoms in total. The van der Waals surface area contributed by atoms with Gasteiger partial charge >= 0.3 is 0 Å². The van der Waals surface area contributed by atoms with Gasteiger partial charge in [0, 0.05) is 19.0 Å². The number of nitrogens with one attached hydrogen (secondary N) is 1. The summed E-state index contributed by atoms with van der Waals surface area (Å²) in [5, 5.41) is 2.77. The molecule has 0 bridgehead atoms. The highest BCUT2D eigenvalue weighted by atomic mass is 16.5. The average molecular weight is 352 g/mol. The summed E-state index contributed by atoms with van der Waals surface area (Å²) in [6.07, 6.45) is 0.709. The van der Waals surface area contributed by atoms with Gasteiger partial charge in [-0.3, -0.25) is 9.59 Å². The van der Waals surface area contributed by atoms with Crippen LogP contribution in [0.1, 0.15) is 36.1 Å². The molecule has 2 aromatic carbocycles. The first kappa shape index (κ1) is 18.0. The molecule has 136 valence electrons. The summed E-state index contributed by atoms with van der Waals surface area (Å²) in [4.78, 5) is 26.1. The molecule has 0 unspecified atom stereocenters. The van der Waals surface area contributed by atoms with Crippen LogP contribution in [0.5, 0.6) is 5.75 Å². The van der Waals surface area contributed by atoms with Crippen LogP contribution in [0.25, 0.3) is 0 Å². The van der Waals surface area contributed by atoms with Crippen molar-refractivity contribution in [1.82, 2.24) is 5.32 Å². The average Bonchev–Trinajstić information content (AvgIpc) is 2.86. The van der Waals surface area contributed by atoms with Gasteiger partial charge in [0.25, 0.3) is 5.91 Å². The highest BCUT2D eigenvalue weighted by Crippen LogP contribution is 2.38. The molecule has 0 aliphatic carbocycles. The monoisotopic (exact) mass is 352 g/mol. The molecule has 1 heterocycles. The molecule has 0 saturated heterocycles. The minimum atomic E-state index is -0.597. The van der Waals surface area contributed by atoms with Crippen LogP contribution in [-0.4, -0.2) is 25.0 Å². The Balaban J connectivity index is 1.66. The van der Waals surface area contributed by atoms with Gasteiger partial charge < -0.3 is 15.0 Å². The maximum atomic E-state index is 12.8. The van der Waals surface area contributed by atoms with Crippen molar-refractivity contribution in [2.45, 2.75) is 33.2 Å². The lowest BCUT2D eigenvalue weighted by molar-refractivity contribution is -0.126. The molecule has 0 spiro atoms. The van der Waals surface area contributed by atoms with Crippen LogP contribution in [0.15, 0.2) is 42.5 Å². The first-order chi connectivity index (χ1) is 12.5. The van der Waals surface area contributed by atoms with Crippen molar-refractivity contribution in [3.63, 3.8) is 0 Å². The van der Waals surface area contributed by atoms with Gasteiger partial charge in [-0.05, 0) is 38.0 Å². The molecule has 3 rings (SSSR count). The maximum Gasteiger partial charge on any atom is 0.254 e. The van der Waals surface area contributed by atoms with E-state index in [2.05, 4.69) is 5.32 Å². The quantitative estimate of drug-likeness (QED) is 0.812. The van der Waals surface area contributed by atoms with Crippen molar-refractivity contribution < 1.29 is 14.3 Å². The number of aryl methyl sites for hydroxylation is 2. The summed E-state index contributed by atoms with van der Waals surface area (Å²) >= 11 is 0. The zero-order valence-corrected chi connectivity index (χ0v) is 15.4. The fraction of sp³-hybridized carbons (Fsp3) is 0.333. The Morgan fingerprint density at radius 1 is 1.15 bits per heavy atom. The third-order valence-electron chi connectivity index (χ3n) is 4.53. The number of para-hydroxylation sites is 1. The summed E-state index contributed by atoms with van der Waals surface area (Å²) in [5.74, 6) is 0.538. The SMILES string of the molecule is CC(=O)N[C@@H]1C(=O)N(CCCOc2ccc(C)cc2)c2c(C)cccc21. The molecule has 0 aromatic heterocycles. The molecule has 26 heavy (non-hydrogen) atoms. The van der Waals surface area contributed by atoms with Gasteiger partial charge in [0.2, 0.25) is 5.91 Å². The lowest BCUT2D eigenvalue weighted by Crippen LogP contribution is -2.37. The highest BCUT2D eigenvalue weighted by molar-refractivity contribution is 6.06. The highest BCUT2D eigenvalue weighted by Gasteiger charge is 2.38. The first-order valence-corrected chi connectivity index (χ1v) is 8.85. The summed E-state index contributed by atoms with van der Waals surface area (Å²) in [7, 11) is 0. The first-order valence-electron chi connectivity index (χ1n) is 8.85. The van der Waals surface area contributed by atoms with Crippen molar-refractivity contribution >= 4 is 17.5 Å². The van der Waals surface area contributed by atoms with Gasteiger partial charge in [-0.25, -0.2) is 0 Å². The third-order valence-corrected chi connectivity index (χ3v) is 4.53. The number of benzene rings is 2. The van der Waals surface area contributed by atoms with E-state index in [0.29, 0.717) is 19.6 Å². The Hall–Kier alpha value is -2.82. The second-order valence-corrected chi connectivity index (χ2v) is 6.65. The summed E-state index contributed by atoms with van der Waals surface area (Å²) in [5.41, 5.74) is 4.00.